The van der Waals surface area contributed by atoms with E-state index >= 15 is 0 Å². The molecule has 35 heavy (non-hydrogen) atoms. The molecule has 3 aromatic carbocycles. The summed E-state index contributed by atoms with van der Waals surface area (Å²) >= 11 is 1.14. The fraction of sp³-hybridized carbons (Fsp3) is 0.148. The van der Waals surface area contributed by atoms with Crippen LogP contribution in [0.4, 0.5) is 5.13 Å². The average molecular weight is 507 g/mol. The number of ketones is 1. The summed E-state index contributed by atoms with van der Waals surface area (Å²) in [5.74, 6) is -0.434. The Labute approximate surface area is 210 Å². The van der Waals surface area contributed by atoms with E-state index in [1.54, 1.807) is 25.1 Å². The first kappa shape index (κ1) is 24.5. The number of rotatable bonds is 8. The van der Waals surface area contributed by atoms with Crippen molar-refractivity contribution in [3.63, 3.8) is 0 Å². The minimum absolute atomic E-state index is 0. The summed E-state index contributed by atoms with van der Waals surface area (Å²) in [7, 11) is -3.30. The second kappa shape index (κ2) is 10.3. The van der Waals surface area contributed by atoms with E-state index in [0.29, 0.717) is 26.8 Å². The van der Waals surface area contributed by atoms with Gasteiger partial charge in [0.05, 0.1) is 22.8 Å². The maximum absolute atomic E-state index is 13.4. The summed E-state index contributed by atoms with van der Waals surface area (Å²) in [6.45, 7) is 3.47. The molecule has 180 valence electrons. The van der Waals surface area contributed by atoms with Crippen LogP contribution >= 0.6 is 11.3 Å². The average Bonchev–Trinajstić information content (AvgIpc) is 3.28. The molecule has 4 rings (SSSR count). The summed E-state index contributed by atoms with van der Waals surface area (Å²) in [6, 6.07) is 23.0. The molecule has 1 heterocycles. The monoisotopic (exact) mass is 506 g/mol. The summed E-state index contributed by atoms with van der Waals surface area (Å²) in [6.07, 6.45) is 0.0494. The number of hydrogen-bond donors (Lipinski definition) is 1. The lowest BCUT2D eigenvalue weighted by atomic mass is 10.0. The van der Waals surface area contributed by atoms with Crippen LogP contribution in [0.5, 0.6) is 0 Å². The van der Waals surface area contributed by atoms with Gasteiger partial charge in [0, 0.05) is 12.6 Å². The van der Waals surface area contributed by atoms with Gasteiger partial charge < -0.3 is 5.32 Å². The molecule has 0 fully saturated rings. The molecule has 0 aliphatic rings. The first-order valence-corrected chi connectivity index (χ1v) is 13.5. The van der Waals surface area contributed by atoms with Crippen molar-refractivity contribution in [2.75, 3.05) is 11.1 Å². The van der Waals surface area contributed by atoms with Crippen LogP contribution in [0.3, 0.4) is 0 Å². The Balaban J connectivity index is 0.00000361. The Bertz CT molecular complexity index is 1480. The zero-order valence-corrected chi connectivity index (χ0v) is 20.9. The number of benzene rings is 3. The van der Waals surface area contributed by atoms with Crippen LogP contribution in [-0.4, -0.2) is 30.8 Å². The third-order valence-corrected chi connectivity index (χ3v) is 8.26. The maximum atomic E-state index is 13.4. The molecular weight excluding hydrogens is 480 g/mol. The van der Waals surface area contributed by atoms with Crippen LogP contribution in [-0.2, 0) is 21.1 Å². The number of aryl methyl sites for hydroxylation is 1. The molecule has 0 aliphatic carbocycles. The third-order valence-electron chi connectivity index (χ3n) is 5.54. The highest BCUT2D eigenvalue weighted by molar-refractivity contribution is 7.91. The number of sulfone groups is 1. The van der Waals surface area contributed by atoms with E-state index in [-0.39, 0.29) is 30.2 Å². The van der Waals surface area contributed by atoms with Gasteiger partial charge >= 0.3 is 0 Å². The number of aromatic nitrogens is 1. The fourth-order valence-corrected chi connectivity index (χ4v) is 5.44. The number of anilines is 1. The lowest BCUT2D eigenvalue weighted by Gasteiger charge is -2.05. The lowest BCUT2D eigenvalue weighted by Crippen LogP contribution is -2.14. The van der Waals surface area contributed by atoms with E-state index in [0.717, 1.165) is 22.5 Å². The smallest absolute Gasteiger partial charge is 0.230 e. The van der Waals surface area contributed by atoms with E-state index in [1.165, 1.54) is 12.1 Å². The van der Waals surface area contributed by atoms with Gasteiger partial charge in [-0.3, -0.25) is 9.59 Å². The lowest BCUT2D eigenvalue weighted by molar-refractivity contribution is -0.115. The first-order chi connectivity index (χ1) is 16.8. The summed E-state index contributed by atoms with van der Waals surface area (Å²) in [4.78, 5) is 31.4. The van der Waals surface area contributed by atoms with Gasteiger partial charge in [-0.25, -0.2) is 13.4 Å². The van der Waals surface area contributed by atoms with Crippen molar-refractivity contribution in [3.8, 4) is 11.3 Å². The number of amides is 1. The quantitative estimate of drug-likeness (QED) is 0.315. The summed E-state index contributed by atoms with van der Waals surface area (Å²) < 4.78 is 24.0. The number of carbonyl (C=O) groups excluding carboxylic acids is 2. The van der Waals surface area contributed by atoms with E-state index in [1.807, 2.05) is 55.5 Å². The zero-order valence-electron chi connectivity index (χ0n) is 19.3. The Kier molecular flexibility index (Phi) is 7.23. The van der Waals surface area contributed by atoms with Crippen LogP contribution < -0.4 is 5.32 Å². The second-order valence-corrected chi connectivity index (χ2v) is 11.3. The van der Waals surface area contributed by atoms with Gasteiger partial charge in [-0.15, -0.1) is 0 Å². The predicted molar refractivity (Wildman–Crippen MR) is 141 cm³/mol. The molecule has 6 nitrogen and oxygen atoms in total. The van der Waals surface area contributed by atoms with Crippen LogP contribution in [0.1, 0.15) is 34.7 Å². The molecule has 8 heteroatoms. The van der Waals surface area contributed by atoms with E-state index in [4.69, 9.17) is 0 Å². The molecule has 0 aliphatic heterocycles. The first-order valence-electron chi connectivity index (χ1n) is 11.1. The van der Waals surface area contributed by atoms with Gasteiger partial charge in [-0.1, -0.05) is 85.0 Å². The molecule has 0 saturated carbocycles. The largest absolute Gasteiger partial charge is 0.302 e. The topological polar surface area (TPSA) is 93.2 Å². The number of nitrogens with zero attached hydrogens (tertiary/aromatic N) is 1. The third kappa shape index (κ3) is 5.55. The van der Waals surface area contributed by atoms with Crippen molar-refractivity contribution >= 4 is 38.0 Å². The minimum atomic E-state index is -3.30. The fourth-order valence-electron chi connectivity index (χ4n) is 3.60. The molecule has 1 aromatic heterocycles. The highest BCUT2D eigenvalue weighted by atomic mass is 32.2. The Morgan fingerprint density at radius 3 is 2.26 bits per heavy atom. The molecule has 0 saturated heterocycles. The molecule has 0 radical (unpaired) electrons. The summed E-state index contributed by atoms with van der Waals surface area (Å²) in [5.41, 5.74) is 3.44. The van der Waals surface area contributed by atoms with Gasteiger partial charge in [0.25, 0.3) is 0 Å². The highest BCUT2D eigenvalue weighted by Crippen LogP contribution is 2.33. The molecule has 4 aromatic rings. The van der Waals surface area contributed by atoms with Crippen LogP contribution in [0.15, 0.2) is 83.8 Å². The molecule has 0 spiro atoms. The van der Waals surface area contributed by atoms with Crippen molar-refractivity contribution < 1.29 is 19.4 Å². The van der Waals surface area contributed by atoms with Crippen molar-refractivity contribution in [3.05, 3.63) is 100 Å². The maximum Gasteiger partial charge on any atom is 0.230 e. The van der Waals surface area contributed by atoms with Gasteiger partial charge in [0.2, 0.25) is 11.7 Å². The minimum Gasteiger partial charge on any atom is -0.302 e. The number of carbonyl (C=O) groups is 2. The standard InChI is InChI=1S/C27H24N2O4S2.H2/c1-3-35(32,33)21-15-13-19(14-16-21)17-23(30)28-27-29-24(20-10-5-4-6-11-20)26(34-27)25(31)22-12-8-7-9-18(22)2;/h4-16H,3,17H2,1-2H3,(H,28,29,30);1H. The Morgan fingerprint density at radius 2 is 1.60 bits per heavy atom. The Morgan fingerprint density at radius 1 is 0.943 bits per heavy atom. The van der Waals surface area contributed by atoms with Crippen LogP contribution in [0, 0.1) is 6.92 Å². The SMILES string of the molecule is CCS(=O)(=O)c1ccc(CC(=O)Nc2nc(-c3ccccc3)c(C(=O)c3ccccc3C)s2)cc1.[HH]. The molecule has 0 unspecified atom stereocenters. The van der Waals surface area contributed by atoms with E-state index < -0.39 is 9.84 Å². The predicted octanol–water partition coefficient (Wildman–Crippen LogP) is 5.57. The van der Waals surface area contributed by atoms with Crippen LogP contribution in [0.25, 0.3) is 11.3 Å². The highest BCUT2D eigenvalue weighted by Gasteiger charge is 2.23. The number of thiazole rings is 1. The van der Waals surface area contributed by atoms with Crippen molar-refractivity contribution in [1.82, 2.24) is 4.98 Å². The van der Waals surface area contributed by atoms with Gasteiger partial charge in [-0.2, -0.15) is 0 Å². The van der Waals surface area contributed by atoms with Crippen molar-refractivity contribution in [2.24, 2.45) is 0 Å². The molecule has 1 amide bonds. The van der Waals surface area contributed by atoms with Gasteiger partial charge in [-0.05, 0) is 30.2 Å². The normalized spacial score (nSPS) is 11.3. The van der Waals surface area contributed by atoms with Gasteiger partial charge in [0.15, 0.2) is 15.0 Å². The number of nitrogens with one attached hydrogen (secondary N) is 1. The molecule has 0 bridgehead atoms. The molecular formula is C27H26N2O4S2. The van der Waals surface area contributed by atoms with Crippen molar-refractivity contribution in [1.29, 1.82) is 0 Å². The zero-order chi connectivity index (χ0) is 25.0. The number of hydrogen-bond acceptors (Lipinski definition) is 6. The van der Waals surface area contributed by atoms with E-state index in [9.17, 15) is 18.0 Å². The second-order valence-electron chi connectivity index (χ2n) is 7.98. The van der Waals surface area contributed by atoms with Gasteiger partial charge in [0.1, 0.15) is 4.88 Å². The van der Waals surface area contributed by atoms with E-state index in [2.05, 4.69) is 10.3 Å². The van der Waals surface area contributed by atoms with Crippen LogP contribution in [0.2, 0.25) is 0 Å². The Hall–Kier alpha value is -3.62. The summed E-state index contributed by atoms with van der Waals surface area (Å²) in [5, 5.41) is 3.13. The van der Waals surface area contributed by atoms with Crippen molar-refractivity contribution in [2.45, 2.75) is 25.2 Å². The molecule has 1 N–H and O–H groups in total. The molecule has 0 atom stereocenters.